The lowest BCUT2D eigenvalue weighted by Gasteiger charge is -2.32. The zero-order valence-corrected chi connectivity index (χ0v) is 12.9. The fourth-order valence-corrected chi connectivity index (χ4v) is 2.56. The van der Waals surface area contributed by atoms with Crippen molar-refractivity contribution >= 4 is 5.91 Å². The molecule has 1 saturated heterocycles. The second kappa shape index (κ2) is 6.05. The van der Waals surface area contributed by atoms with Crippen LogP contribution in [0.4, 0.5) is 0 Å². The number of nitrogens with zero attached hydrogens (tertiary/aromatic N) is 1. The SMILES string of the molecule is CCCCC1NC(C(C)C)N(CC(C)(C)C)C1=O. The molecular formula is C15H30N2O. The summed E-state index contributed by atoms with van der Waals surface area (Å²) in [6.07, 6.45) is 3.45. The molecule has 18 heavy (non-hydrogen) atoms. The van der Waals surface area contributed by atoms with Gasteiger partial charge in [0.25, 0.3) is 0 Å². The molecule has 0 saturated carbocycles. The highest BCUT2D eigenvalue weighted by Crippen LogP contribution is 2.25. The molecule has 2 unspecified atom stereocenters. The van der Waals surface area contributed by atoms with Crippen LogP contribution in [0.1, 0.15) is 60.8 Å². The number of rotatable bonds is 5. The first-order chi connectivity index (χ1) is 8.26. The lowest BCUT2D eigenvalue weighted by atomic mass is 9.95. The molecule has 1 heterocycles. The molecule has 0 bridgehead atoms. The predicted octanol–water partition coefficient (Wildman–Crippen LogP) is 3.01. The maximum atomic E-state index is 12.5. The van der Waals surface area contributed by atoms with Gasteiger partial charge in [-0.25, -0.2) is 0 Å². The number of hydrogen-bond acceptors (Lipinski definition) is 2. The molecule has 2 atom stereocenters. The quantitative estimate of drug-likeness (QED) is 0.818. The fourth-order valence-electron chi connectivity index (χ4n) is 2.56. The molecule has 1 N–H and O–H groups in total. The molecule has 1 amide bonds. The van der Waals surface area contributed by atoms with Gasteiger partial charge in [0.2, 0.25) is 5.91 Å². The van der Waals surface area contributed by atoms with Crippen LogP contribution in [0.2, 0.25) is 0 Å². The van der Waals surface area contributed by atoms with Crippen LogP contribution in [-0.2, 0) is 4.79 Å². The van der Waals surface area contributed by atoms with Crippen LogP contribution < -0.4 is 5.32 Å². The number of carbonyl (C=O) groups excluding carboxylic acids is 1. The van der Waals surface area contributed by atoms with Crippen LogP contribution in [0, 0.1) is 11.3 Å². The second-order valence-electron chi connectivity index (χ2n) is 7.08. The monoisotopic (exact) mass is 254 g/mol. The normalized spacial score (nSPS) is 25.3. The number of carbonyl (C=O) groups is 1. The van der Waals surface area contributed by atoms with Crippen molar-refractivity contribution in [1.82, 2.24) is 10.2 Å². The Morgan fingerprint density at radius 1 is 1.33 bits per heavy atom. The highest BCUT2D eigenvalue weighted by atomic mass is 16.2. The van der Waals surface area contributed by atoms with E-state index in [0.29, 0.717) is 11.8 Å². The highest BCUT2D eigenvalue weighted by molar-refractivity contribution is 5.84. The van der Waals surface area contributed by atoms with Crippen molar-refractivity contribution in [3.05, 3.63) is 0 Å². The van der Waals surface area contributed by atoms with Gasteiger partial charge in [-0.2, -0.15) is 0 Å². The van der Waals surface area contributed by atoms with E-state index >= 15 is 0 Å². The summed E-state index contributed by atoms with van der Waals surface area (Å²) in [5, 5.41) is 3.52. The summed E-state index contributed by atoms with van der Waals surface area (Å²) in [6, 6.07) is 0.0414. The van der Waals surface area contributed by atoms with Gasteiger partial charge in [-0.1, -0.05) is 54.4 Å². The van der Waals surface area contributed by atoms with E-state index in [1.54, 1.807) is 0 Å². The Balaban J connectivity index is 2.75. The molecule has 0 spiro atoms. The van der Waals surface area contributed by atoms with Crippen LogP contribution in [-0.4, -0.2) is 29.6 Å². The first-order valence-corrected chi connectivity index (χ1v) is 7.33. The van der Waals surface area contributed by atoms with Gasteiger partial charge in [0.05, 0.1) is 12.2 Å². The Morgan fingerprint density at radius 2 is 1.94 bits per heavy atom. The average molecular weight is 254 g/mol. The molecule has 1 aliphatic heterocycles. The summed E-state index contributed by atoms with van der Waals surface area (Å²) in [4.78, 5) is 14.5. The number of amides is 1. The lowest BCUT2D eigenvalue weighted by Crippen LogP contribution is -2.45. The standard InChI is InChI=1S/C15H30N2O/c1-7-8-9-12-14(18)17(10-15(4,5)6)13(16-12)11(2)3/h11-13,16H,7-10H2,1-6H3. The van der Waals surface area contributed by atoms with E-state index in [9.17, 15) is 4.79 Å². The van der Waals surface area contributed by atoms with E-state index in [-0.39, 0.29) is 17.6 Å². The minimum absolute atomic E-state index is 0.0414. The van der Waals surface area contributed by atoms with E-state index in [2.05, 4.69) is 51.8 Å². The van der Waals surface area contributed by atoms with Crippen LogP contribution in [0.15, 0.2) is 0 Å². The van der Waals surface area contributed by atoms with Gasteiger partial charge in [-0.3, -0.25) is 10.1 Å². The molecule has 1 fully saturated rings. The van der Waals surface area contributed by atoms with Gasteiger partial charge in [0.1, 0.15) is 0 Å². The summed E-state index contributed by atoms with van der Waals surface area (Å²) >= 11 is 0. The Kier molecular flexibility index (Phi) is 5.20. The van der Waals surface area contributed by atoms with E-state index in [1.807, 2.05) is 0 Å². The maximum Gasteiger partial charge on any atom is 0.241 e. The number of unbranched alkanes of at least 4 members (excludes halogenated alkanes) is 1. The summed E-state index contributed by atoms with van der Waals surface area (Å²) in [5.74, 6) is 0.764. The van der Waals surface area contributed by atoms with Gasteiger partial charge >= 0.3 is 0 Å². The minimum Gasteiger partial charge on any atom is -0.325 e. The van der Waals surface area contributed by atoms with E-state index in [1.165, 1.54) is 0 Å². The van der Waals surface area contributed by atoms with Crippen molar-refractivity contribution in [2.45, 2.75) is 73.0 Å². The molecule has 0 aromatic heterocycles. The average Bonchev–Trinajstić information content (AvgIpc) is 2.52. The topological polar surface area (TPSA) is 32.3 Å². The third kappa shape index (κ3) is 3.98. The summed E-state index contributed by atoms with van der Waals surface area (Å²) in [6.45, 7) is 14.0. The Labute approximate surface area is 112 Å². The molecule has 1 aliphatic rings. The van der Waals surface area contributed by atoms with Crippen molar-refractivity contribution in [2.75, 3.05) is 6.54 Å². The van der Waals surface area contributed by atoms with Gasteiger partial charge in [-0.05, 0) is 17.8 Å². The first kappa shape index (κ1) is 15.5. The Hall–Kier alpha value is -0.570. The van der Waals surface area contributed by atoms with Gasteiger partial charge < -0.3 is 4.90 Å². The smallest absolute Gasteiger partial charge is 0.241 e. The molecule has 0 aromatic rings. The van der Waals surface area contributed by atoms with Crippen molar-refractivity contribution in [3.8, 4) is 0 Å². The van der Waals surface area contributed by atoms with Crippen LogP contribution in [0.3, 0.4) is 0 Å². The second-order valence-corrected chi connectivity index (χ2v) is 7.08. The van der Waals surface area contributed by atoms with Crippen molar-refractivity contribution in [2.24, 2.45) is 11.3 Å². The largest absolute Gasteiger partial charge is 0.325 e. The molecule has 3 nitrogen and oxygen atoms in total. The lowest BCUT2D eigenvalue weighted by molar-refractivity contribution is -0.131. The van der Waals surface area contributed by atoms with Gasteiger partial charge in [0.15, 0.2) is 0 Å². The summed E-state index contributed by atoms with van der Waals surface area (Å²) in [7, 11) is 0. The molecular weight excluding hydrogens is 224 g/mol. The minimum atomic E-state index is 0.0414. The van der Waals surface area contributed by atoms with Crippen molar-refractivity contribution in [1.29, 1.82) is 0 Å². The summed E-state index contributed by atoms with van der Waals surface area (Å²) in [5.41, 5.74) is 0.157. The maximum absolute atomic E-state index is 12.5. The van der Waals surface area contributed by atoms with E-state index < -0.39 is 0 Å². The zero-order valence-electron chi connectivity index (χ0n) is 12.9. The van der Waals surface area contributed by atoms with E-state index in [4.69, 9.17) is 0 Å². The first-order valence-electron chi connectivity index (χ1n) is 7.33. The molecule has 1 rings (SSSR count). The predicted molar refractivity (Wildman–Crippen MR) is 76.2 cm³/mol. The third-order valence-corrected chi connectivity index (χ3v) is 3.41. The Bertz CT molecular complexity index is 281. The van der Waals surface area contributed by atoms with E-state index in [0.717, 1.165) is 25.8 Å². The van der Waals surface area contributed by atoms with Crippen LogP contribution in [0.5, 0.6) is 0 Å². The third-order valence-electron chi connectivity index (χ3n) is 3.41. The fraction of sp³-hybridized carbons (Fsp3) is 0.933. The highest BCUT2D eigenvalue weighted by Gasteiger charge is 2.40. The van der Waals surface area contributed by atoms with Crippen molar-refractivity contribution < 1.29 is 4.79 Å². The molecule has 0 aliphatic carbocycles. The molecule has 106 valence electrons. The Morgan fingerprint density at radius 3 is 2.39 bits per heavy atom. The molecule has 0 radical (unpaired) electrons. The number of nitrogens with one attached hydrogen (secondary N) is 1. The van der Waals surface area contributed by atoms with Crippen LogP contribution >= 0.6 is 0 Å². The zero-order chi connectivity index (χ0) is 13.9. The summed E-state index contributed by atoms with van der Waals surface area (Å²) < 4.78 is 0. The molecule has 3 heteroatoms. The van der Waals surface area contributed by atoms with Gasteiger partial charge in [0, 0.05) is 6.54 Å². The number of hydrogen-bond donors (Lipinski definition) is 1. The van der Waals surface area contributed by atoms with Crippen LogP contribution in [0.25, 0.3) is 0 Å². The van der Waals surface area contributed by atoms with Crippen molar-refractivity contribution in [3.63, 3.8) is 0 Å². The van der Waals surface area contributed by atoms with Gasteiger partial charge in [-0.15, -0.1) is 0 Å². The molecule has 0 aromatic carbocycles.